The van der Waals surface area contributed by atoms with E-state index in [1.54, 1.807) is 19.0 Å². The summed E-state index contributed by atoms with van der Waals surface area (Å²) in [5.74, 6) is 0.907. The Kier molecular flexibility index (Phi) is 9.55. The lowest BCUT2D eigenvalue weighted by Crippen LogP contribution is -2.50. The number of rotatable bonds is 8. The third-order valence-corrected chi connectivity index (χ3v) is 4.71. The molecule has 0 bridgehead atoms. The molecule has 0 aromatic carbocycles. The van der Waals surface area contributed by atoms with Gasteiger partial charge < -0.3 is 20.9 Å². The summed E-state index contributed by atoms with van der Waals surface area (Å²) >= 11 is 0. The molecular formula is C19H38N6O2. The van der Waals surface area contributed by atoms with Gasteiger partial charge in [-0.2, -0.15) is 0 Å². The first-order valence-corrected chi connectivity index (χ1v) is 9.95. The Balaban J connectivity index is 2.55. The quantitative estimate of drug-likeness (QED) is 0.414. The van der Waals surface area contributed by atoms with Crippen molar-refractivity contribution in [2.75, 3.05) is 53.4 Å². The van der Waals surface area contributed by atoms with Crippen LogP contribution in [0.4, 0.5) is 0 Å². The van der Waals surface area contributed by atoms with Crippen molar-refractivity contribution in [2.24, 2.45) is 10.4 Å². The fourth-order valence-corrected chi connectivity index (χ4v) is 2.83. The minimum absolute atomic E-state index is 0.0171. The van der Waals surface area contributed by atoms with Gasteiger partial charge >= 0.3 is 0 Å². The number of likely N-dealkylation sites (N-methyl/N-ethyl adjacent to an activating group) is 1. The minimum atomic E-state index is -0.547. The van der Waals surface area contributed by atoms with E-state index in [-0.39, 0.29) is 11.8 Å². The number of amides is 2. The average Bonchev–Trinajstić information content (AvgIpc) is 2.61. The number of likely N-dealkylation sites (tertiary alicyclic amines) is 1. The second-order valence-electron chi connectivity index (χ2n) is 7.92. The zero-order chi connectivity index (χ0) is 20.4. The van der Waals surface area contributed by atoms with Crippen LogP contribution in [0.25, 0.3) is 0 Å². The summed E-state index contributed by atoms with van der Waals surface area (Å²) in [5, 5.41) is 9.61. The maximum absolute atomic E-state index is 12.1. The highest BCUT2D eigenvalue weighted by Crippen LogP contribution is 2.16. The first-order chi connectivity index (χ1) is 12.7. The molecule has 0 unspecified atom stereocenters. The smallest absolute Gasteiger partial charge is 0.236 e. The number of hydrogen-bond acceptors (Lipinski definition) is 4. The maximum Gasteiger partial charge on any atom is 0.236 e. The molecule has 8 nitrogen and oxygen atoms in total. The van der Waals surface area contributed by atoms with Gasteiger partial charge in [-0.1, -0.05) is 0 Å². The molecule has 0 aromatic rings. The van der Waals surface area contributed by atoms with Crippen LogP contribution < -0.4 is 16.0 Å². The summed E-state index contributed by atoms with van der Waals surface area (Å²) in [5.41, 5.74) is -0.547. The summed E-state index contributed by atoms with van der Waals surface area (Å²) in [4.78, 5) is 32.4. The third kappa shape index (κ3) is 8.15. The molecular weight excluding hydrogens is 344 g/mol. The number of hydrogen-bond donors (Lipinski definition) is 3. The van der Waals surface area contributed by atoms with Crippen LogP contribution in [0.5, 0.6) is 0 Å². The number of guanidine groups is 1. The van der Waals surface area contributed by atoms with E-state index in [1.165, 1.54) is 0 Å². The lowest BCUT2D eigenvalue weighted by atomic mass is 9.92. The van der Waals surface area contributed by atoms with Crippen LogP contribution in [0, 0.1) is 5.41 Å². The molecule has 0 aromatic heterocycles. The first kappa shape index (κ1) is 23.2. The average molecular weight is 383 g/mol. The third-order valence-electron chi connectivity index (χ3n) is 4.71. The van der Waals surface area contributed by atoms with Gasteiger partial charge in [0.15, 0.2) is 5.96 Å². The van der Waals surface area contributed by atoms with E-state index in [0.29, 0.717) is 25.7 Å². The summed E-state index contributed by atoms with van der Waals surface area (Å²) in [6.07, 6.45) is 1.93. The number of nitrogens with one attached hydrogen (secondary N) is 3. The number of aliphatic imine (C=N–C) groups is 1. The van der Waals surface area contributed by atoms with Crippen molar-refractivity contribution >= 4 is 17.8 Å². The summed E-state index contributed by atoms with van der Waals surface area (Å²) < 4.78 is 0. The Bertz CT molecular complexity index is 510. The van der Waals surface area contributed by atoms with Gasteiger partial charge in [0, 0.05) is 46.3 Å². The summed E-state index contributed by atoms with van der Waals surface area (Å²) in [7, 11) is 3.58. The molecule has 1 fully saturated rings. The highest BCUT2D eigenvalue weighted by atomic mass is 16.2. The standard InChI is InChI=1S/C19H38N6O2/c1-7-20-17(27)19(3,4)14-22-18(21-8-2)23-15-9-11-25(12-10-15)13-16(26)24(5)6/h15H,7-14H2,1-6H3,(H,20,27)(H2,21,22,23). The Morgan fingerprint density at radius 3 is 2.22 bits per heavy atom. The zero-order valence-corrected chi connectivity index (χ0v) is 17.9. The van der Waals surface area contributed by atoms with Gasteiger partial charge in [-0.3, -0.25) is 19.5 Å². The predicted octanol–water partition coefficient (Wildman–Crippen LogP) is 0.256. The van der Waals surface area contributed by atoms with Gasteiger partial charge in [-0.05, 0) is 40.5 Å². The predicted molar refractivity (Wildman–Crippen MR) is 110 cm³/mol. The molecule has 0 aliphatic carbocycles. The normalized spacial score (nSPS) is 16.7. The van der Waals surface area contributed by atoms with Gasteiger partial charge in [0.2, 0.25) is 11.8 Å². The molecule has 27 heavy (non-hydrogen) atoms. The van der Waals surface area contributed by atoms with Crippen LogP contribution in [0.15, 0.2) is 4.99 Å². The highest BCUT2D eigenvalue weighted by Gasteiger charge is 2.27. The van der Waals surface area contributed by atoms with Crippen molar-refractivity contribution in [3.63, 3.8) is 0 Å². The van der Waals surface area contributed by atoms with E-state index in [2.05, 4.69) is 25.8 Å². The van der Waals surface area contributed by atoms with Crippen molar-refractivity contribution in [3.8, 4) is 0 Å². The second kappa shape index (κ2) is 11.1. The monoisotopic (exact) mass is 382 g/mol. The van der Waals surface area contributed by atoms with E-state index >= 15 is 0 Å². The molecule has 1 heterocycles. The van der Waals surface area contributed by atoms with Gasteiger partial charge in [-0.25, -0.2) is 0 Å². The van der Waals surface area contributed by atoms with Crippen molar-refractivity contribution < 1.29 is 9.59 Å². The molecule has 1 rings (SSSR count). The van der Waals surface area contributed by atoms with Crippen LogP contribution in [0.2, 0.25) is 0 Å². The van der Waals surface area contributed by atoms with Crippen molar-refractivity contribution in [1.82, 2.24) is 25.8 Å². The van der Waals surface area contributed by atoms with Crippen molar-refractivity contribution in [2.45, 2.75) is 46.6 Å². The summed E-state index contributed by atoms with van der Waals surface area (Å²) in [6.45, 7) is 11.8. The largest absolute Gasteiger partial charge is 0.357 e. The van der Waals surface area contributed by atoms with Crippen LogP contribution in [0.3, 0.4) is 0 Å². The highest BCUT2D eigenvalue weighted by molar-refractivity contribution is 5.83. The Morgan fingerprint density at radius 2 is 1.70 bits per heavy atom. The van der Waals surface area contributed by atoms with Crippen molar-refractivity contribution in [3.05, 3.63) is 0 Å². The van der Waals surface area contributed by atoms with Gasteiger partial charge in [0.25, 0.3) is 0 Å². The molecule has 0 radical (unpaired) electrons. The lowest BCUT2D eigenvalue weighted by molar-refractivity contribution is -0.130. The molecule has 2 amide bonds. The maximum atomic E-state index is 12.1. The first-order valence-electron chi connectivity index (χ1n) is 9.95. The molecule has 3 N–H and O–H groups in total. The van der Waals surface area contributed by atoms with Crippen LogP contribution >= 0.6 is 0 Å². The van der Waals surface area contributed by atoms with Crippen LogP contribution in [-0.2, 0) is 9.59 Å². The fraction of sp³-hybridized carbons (Fsp3) is 0.842. The van der Waals surface area contributed by atoms with Crippen LogP contribution in [-0.4, -0.2) is 87.0 Å². The van der Waals surface area contributed by atoms with Crippen LogP contribution in [0.1, 0.15) is 40.5 Å². The van der Waals surface area contributed by atoms with Gasteiger partial charge in [-0.15, -0.1) is 0 Å². The number of carbonyl (C=O) groups excluding carboxylic acids is 2. The number of nitrogens with zero attached hydrogens (tertiary/aromatic N) is 3. The van der Waals surface area contributed by atoms with E-state index in [9.17, 15) is 9.59 Å². The molecule has 8 heteroatoms. The Hall–Kier alpha value is -1.83. The fourth-order valence-electron chi connectivity index (χ4n) is 2.83. The number of piperidine rings is 1. The minimum Gasteiger partial charge on any atom is -0.357 e. The van der Waals surface area contributed by atoms with E-state index in [4.69, 9.17) is 0 Å². The summed E-state index contributed by atoms with van der Waals surface area (Å²) in [6, 6.07) is 0.320. The lowest BCUT2D eigenvalue weighted by Gasteiger charge is -2.33. The molecule has 1 aliphatic heterocycles. The molecule has 156 valence electrons. The van der Waals surface area contributed by atoms with Gasteiger partial charge in [0.1, 0.15) is 0 Å². The van der Waals surface area contributed by atoms with Gasteiger partial charge in [0.05, 0.1) is 18.5 Å². The Labute approximate surface area is 164 Å². The van der Waals surface area contributed by atoms with Crippen molar-refractivity contribution in [1.29, 1.82) is 0 Å². The molecule has 0 saturated carbocycles. The van der Waals surface area contributed by atoms with E-state index in [1.807, 2.05) is 27.7 Å². The Morgan fingerprint density at radius 1 is 1.11 bits per heavy atom. The van der Waals surface area contributed by atoms with E-state index in [0.717, 1.165) is 38.4 Å². The molecule has 0 atom stereocenters. The number of carbonyl (C=O) groups is 2. The molecule has 0 spiro atoms. The SMILES string of the molecule is CCNC(=O)C(C)(C)CN=C(NCC)NC1CCN(CC(=O)N(C)C)CC1. The topological polar surface area (TPSA) is 89.1 Å². The van der Waals surface area contributed by atoms with E-state index < -0.39 is 5.41 Å². The zero-order valence-electron chi connectivity index (χ0n) is 17.9. The second-order valence-corrected chi connectivity index (χ2v) is 7.92. The molecule has 1 aliphatic rings. The molecule has 1 saturated heterocycles.